The van der Waals surface area contributed by atoms with E-state index in [1.165, 1.54) is 37.4 Å². The minimum atomic E-state index is -0.484. The fourth-order valence-corrected chi connectivity index (χ4v) is 4.50. The average Bonchev–Trinajstić information content (AvgIpc) is 3.32. The smallest absolute Gasteiger partial charge is 0.282 e. The third-order valence-electron chi connectivity index (χ3n) is 5.74. The maximum absolute atomic E-state index is 13.7. The number of para-hydroxylation sites is 1. The van der Waals surface area contributed by atoms with Crippen molar-refractivity contribution in [1.29, 1.82) is 0 Å². The highest BCUT2D eigenvalue weighted by molar-refractivity contribution is 6.46. The molecule has 5 rings (SSSR count). The van der Waals surface area contributed by atoms with Crippen LogP contribution in [0.1, 0.15) is 11.1 Å². The Hall–Kier alpha value is -3.64. The highest BCUT2D eigenvalue weighted by Crippen LogP contribution is 2.41. The molecule has 0 aromatic heterocycles. The van der Waals surface area contributed by atoms with Crippen LogP contribution in [0.3, 0.4) is 0 Å². The Morgan fingerprint density at radius 2 is 1.72 bits per heavy atom. The highest BCUT2D eigenvalue weighted by Gasteiger charge is 2.44. The summed E-state index contributed by atoms with van der Waals surface area (Å²) in [6.07, 6.45) is 0.756. The molecule has 0 bridgehead atoms. The van der Waals surface area contributed by atoms with Crippen LogP contribution in [0.4, 0.5) is 15.8 Å². The number of methoxy groups -OCH3 is 1. The van der Waals surface area contributed by atoms with Crippen molar-refractivity contribution in [2.75, 3.05) is 23.5 Å². The Balaban J connectivity index is 1.66. The van der Waals surface area contributed by atoms with Gasteiger partial charge in [0.2, 0.25) is 0 Å². The van der Waals surface area contributed by atoms with Gasteiger partial charge in [0.15, 0.2) is 0 Å². The predicted molar refractivity (Wildman–Crippen MR) is 121 cm³/mol. The molecule has 5 nitrogen and oxygen atoms in total. The van der Waals surface area contributed by atoms with Gasteiger partial charge in [0.1, 0.15) is 17.3 Å². The number of amides is 2. The lowest BCUT2D eigenvalue weighted by Gasteiger charge is -2.22. The molecule has 160 valence electrons. The number of anilines is 2. The summed E-state index contributed by atoms with van der Waals surface area (Å²) < 4.78 is 18.8. The fourth-order valence-electron chi connectivity index (χ4n) is 4.24. The van der Waals surface area contributed by atoms with Gasteiger partial charge in [0.25, 0.3) is 11.8 Å². The number of imide groups is 1. The molecule has 0 N–H and O–H groups in total. The Bertz CT molecular complexity index is 1290. The standard InChI is InChI=1S/C25H18ClFN2O3/c1-32-21-11-10-18(14-19(21)26)29-24(30)22(16-6-8-17(27)9-7-16)23(25(29)31)28-13-12-15-4-2-3-5-20(15)28/h2-11,14H,12-13H2,1H3. The maximum Gasteiger partial charge on any atom is 0.282 e. The van der Waals surface area contributed by atoms with E-state index in [-0.39, 0.29) is 16.3 Å². The first-order valence-electron chi connectivity index (χ1n) is 10.1. The number of benzene rings is 3. The van der Waals surface area contributed by atoms with Crippen molar-refractivity contribution >= 4 is 40.4 Å². The lowest BCUT2D eigenvalue weighted by Crippen LogP contribution is -2.34. The fraction of sp³-hybridized carbons (Fsp3) is 0.120. The van der Waals surface area contributed by atoms with Gasteiger partial charge in [-0.25, -0.2) is 9.29 Å². The van der Waals surface area contributed by atoms with Crippen LogP contribution in [-0.2, 0) is 16.0 Å². The van der Waals surface area contributed by atoms with E-state index in [1.807, 2.05) is 29.2 Å². The second-order valence-corrected chi connectivity index (χ2v) is 7.93. The molecule has 32 heavy (non-hydrogen) atoms. The topological polar surface area (TPSA) is 49.9 Å². The summed E-state index contributed by atoms with van der Waals surface area (Å²) in [4.78, 5) is 30.3. The van der Waals surface area contributed by atoms with E-state index >= 15 is 0 Å². The van der Waals surface area contributed by atoms with Crippen molar-refractivity contribution in [3.05, 3.63) is 94.4 Å². The largest absolute Gasteiger partial charge is 0.495 e. The van der Waals surface area contributed by atoms with Crippen LogP contribution < -0.4 is 14.5 Å². The molecule has 0 saturated carbocycles. The number of rotatable bonds is 4. The third-order valence-corrected chi connectivity index (χ3v) is 6.04. The summed E-state index contributed by atoms with van der Waals surface area (Å²) >= 11 is 6.26. The third kappa shape index (κ3) is 3.15. The molecule has 7 heteroatoms. The molecule has 0 fully saturated rings. The van der Waals surface area contributed by atoms with Crippen LogP contribution in [-0.4, -0.2) is 25.5 Å². The molecular weight excluding hydrogens is 431 g/mol. The van der Waals surface area contributed by atoms with Crippen molar-refractivity contribution in [1.82, 2.24) is 0 Å². The molecule has 0 spiro atoms. The monoisotopic (exact) mass is 448 g/mol. The molecular formula is C25H18ClFN2O3. The minimum Gasteiger partial charge on any atom is -0.495 e. The van der Waals surface area contributed by atoms with Crippen molar-refractivity contribution in [2.24, 2.45) is 0 Å². The number of carbonyl (C=O) groups excluding carboxylic acids is 2. The molecule has 0 radical (unpaired) electrons. The van der Waals surface area contributed by atoms with E-state index in [0.29, 0.717) is 23.5 Å². The summed E-state index contributed by atoms with van der Waals surface area (Å²) in [5, 5.41) is 0.286. The van der Waals surface area contributed by atoms with Gasteiger partial charge in [0.05, 0.1) is 23.4 Å². The van der Waals surface area contributed by atoms with E-state index in [4.69, 9.17) is 16.3 Å². The van der Waals surface area contributed by atoms with Gasteiger partial charge in [-0.05, 0) is 53.9 Å². The van der Waals surface area contributed by atoms with E-state index < -0.39 is 17.6 Å². The molecule has 3 aromatic carbocycles. The van der Waals surface area contributed by atoms with Gasteiger partial charge in [-0.2, -0.15) is 0 Å². The molecule has 2 aliphatic heterocycles. The van der Waals surface area contributed by atoms with Gasteiger partial charge in [-0.15, -0.1) is 0 Å². The first kappa shape index (κ1) is 20.3. The van der Waals surface area contributed by atoms with Crippen molar-refractivity contribution < 1.29 is 18.7 Å². The lowest BCUT2D eigenvalue weighted by molar-refractivity contribution is -0.120. The summed E-state index contributed by atoms with van der Waals surface area (Å²) in [7, 11) is 1.49. The van der Waals surface area contributed by atoms with Gasteiger partial charge in [0, 0.05) is 12.2 Å². The molecule has 3 aromatic rings. The average molecular weight is 449 g/mol. The SMILES string of the molecule is COc1ccc(N2C(=O)C(c3ccc(F)cc3)=C(N3CCc4ccccc43)C2=O)cc1Cl. The molecule has 2 amide bonds. The summed E-state index contributed by atoms with van der Waals surface area (Å²) in [5.41, 5.74) is 3.32. The quantitative estimate of drug-likeness (QED) is 0.536. The van der Waals surface area contributed by atoms with Crippen LogP contribution in [0.2, 0.25) is 5.02 Å². The zero-order valence-corrected chi connectivity index (χ0v) is 17.9. The van der Waals surface area contributed by atoms with Crippen LogP contribution in [0, 0.1) is 5.82 Å². The second kappa shape index (κ2) is 7.80. The van der Waals surface area contributed by atoms with E-state index in [9.17, 15) is 14.0 Å². The number of halogens is 2. The number of hydrogen-bond donors (Lipinski definition) is 0. The first-order valence-corrected chi connectivity index (χ1v) is 10.5. The maximum atomic E-state index is 13.7. The van der Waals surface area contributed by atoms with Crippen molar-refractivity contribution in [3.63, 3.8) is 0 Å². The highest BCUT2D eigenvalue weighted by atomic mass is 35.5. The van der Waals surface area contributed by atoms with E-state index in [1.54, 1.807) is 12.1 Å². The Kier molecular flexibility index (Phi) is 4.94. The van der Waals surface area contributed by atoms with E-state index in [0.717, 1.165) is 22.6 Å². The van der Waals surface area contributed by atoms with Crippen molar-refractivity contribution in [2.45, 2.75) is 6.42 Å². The zero-order valence-electron chi connectivity index (χ0n) is 17.1. The van der Waals surface area contributed by atoms with Crippen LogP contribution in [0.15, 0.2) is 72.4 Å². The molecule has 0 atom stereocenters. The molecule has 0 aliphatic carbocycles. The minimum absolute atomic E-state index is 0.235. The number of carbonyl (C=O) groups is 2. The first-order chi connectivity index (χ1) is 15.5. The van der Waals surface area contributed by atoms with Crippen molar-refractivity contribution in [3.8, 4) is 5.75 Å². The van der Waals surface area contributed by atoms with Crippen LogP contribution >= 0.6 is 11.6 Å². The zero-order chi connectivity index (χ0) is 22.4. The Labute approximate surface area is 189 Å². The van der Waals surface area contributed by atoms with Gasteiger partial charge in [-0.1, -0.05) is 41.9 Å². The number of hydrogen-bond acceptors (Lipinski definition) is 4. The summed E-state index contributed by atoms with van der Waals surface area (Å²) in [6, 6.07) is 18.1. The normalized spacial score (nSPS) is 15.6. The van der Waals surface area contributed by atoms with Gasteiger partial charge >= 0.3 is 0 Å². The lowest BCUT2D eigenvalue weighted by atomic mass is 10.0. The Morgan fingerprint density at radius 3 is 2.44 bits per heavy atom. The van der Waals surface area contributed by atoms with Crippen LogP contribution in [0.25, 0.3) is 5.57 Å². The number of ether oxygens (including phenoxy) is 1. The summed E-state index contributed by atoms with van der Waals surface area (Å²) in [6.45, 7) is 0.565. The van der Waals surface area contributed by atoms with Gasteiger partial charge < -0.3 is 9.64 Å². The van der Waals surface area contributed by atoms with Gasteiger partial charge in [-0.3, -0.25) is 9.59 Å². The Morgan fingerprint density at radius 1 is 0.969 bits per heavy atom. The number of fused-ring (bicyclic) bond motifs is 1. The van der Waals surface area contributed by atoms with Crippen LogP contribution in [0.5, 0.6) is 5.75 Å². The summed E-state index contributed by atoms with van der Waals surface area (Å²) in [5.74, 6) is -0.914. The molecule has 2 heterocycles. The van der Waals surface area contributed by atoms with E-state index in [2.05, 4.69) is 0 Å². The molecule has 2 aliphatic rings. The second-order valence-electron chi connectivity index (χ2n) is 7.53. The molecule has 0 unspecified atom stereocenters. The molecule has 0 saturated heterocycles. The number of nitrogens with zero attached hydrogens (tertiary/aromatic N) is 2. The predicted octanol–water partition coefficient (Wildman–Crippen LogP) is 4.83.